The topological polar surface area (TPSA) is 43.6 Å². The minimum atomic E-state index is -4.32. The number of hydrogen-bond donors (Lipinski definition) is 0. The van der Waals surface area contributed by atoms with Gasteiger partial charge in [0.25, 0.3) is 0 Å². The fourth-order valence-electron chi connectivity index (χ4n) is 1.12. The Hall–Kier alpha value is -1.37. The van der Waals surface area contributed by atoms with Gasteiger partial charge in [-0.2, -0.15) is 18.3 Å². The average Bonchev–Trinajstić information content (AvgIpc) is 2.45. The summed E-state index contributed by atoms with van der Waals surface area (Å²) in [5, 5.41) is 4.02. The van der Waals surface area contributed by atoms with Crippen molar-refractivity contribution in [3.8, 4) is 0 Å². The lowest BCUT2D eigenvalue weighted by Gasteiger charge is -2.04. The van der Waals surface area contributed by atoms with Crippen LogP contribution in [0.2, 0.25) is 5.15 Å². The summed E-state index contributed by atoms with van der Waals surface area (Å²) in [5.41, 5.74) is 0.152. The fourth-order valence-corrected chi connectivity index (χ4v) is 1.30. The molecule has 80 valence electrons. The number of aromatic nitrogens is 4. The Morgan fingerprint density at radius 1 is 1.33 bits per heavy atom. The number of fused-ring (bicyclic) bond motifs is 1. The first-order valence-corrected chi connectivity index (χ1v) is 4.24. The SMILES string of the molecule is FC(F)(F)Cn1cc2c(Cl)ncnc2n1. The first-order valence-electron chi connectivity index (χ1n) is 3.86. The van der Waals surface area contributed by atoms with E-state index >= 15 is 0 Å². The van der Waals surface area contributed by atoms with Gasteiger partial charge in [0.15, 0.2) is 5.65 Å². The predicted molar refractivity (Wildman–Crippen MR) is 46.4 cm³/mol. The van der Waals surface area contributed by atoms with E-state index in [4.69, 9.17) is 11.6 Å². The van der Waals surface area contributed by atoms with Crippen molar-refractivity contribution in [2.24, 2.45) is 0 Å². The van der Waals surface area contributed by atoms with Crippen molar-refractivity contribution < 1.29 is 13.2 Å². The third kappa shape index (κ3) is 2.17. The fraction of sp³-hybridized carbons (Fsp3) is 0.286. The molecule has 2 heterocycles. The Morgan fingerprint density at radius 2 is 2.07 bits per heavy atom. The van der Waals surface area contributed by atoms with Crippen molar-refractivity contribution in [1.29, 1.82) is 0 Å². The number of nitrogens with zero attached hydrogens (tertiary/aromatic N) is 4. The Labute approximate surface area is 86.7 Å². The highest BCUT2D eigenvalue weighted by Crippen LogP contribution is 2.21. The van der Waals surface area contributed by atoms with E-state index in [1.54, 1.807) is 0 Å². The molecule has 0 aromatic carbocycles. The van der Waals surface area contributed by atoms with Crippen LogP contribution in [-0.4, -0.2) is 25.9 Å². The Balaban J connectivity index is 2.44. The molecule has 0 amide bonds. The third-order valence-electron chi connectivity index (χ3n) is 1.66. The smallest absolute Gasteiger partial charge is 0.261 e. The van der Waals surface area contributed by atoms with Crippen molar-refractivity contribution in [2.75, 3.05) is 0 Å². The van der Waals surface area contributed by atoms with Gasteiger partial charge in [-0.1, -0.05) is 11.6 Å². The summed E-state index contributed by atoms with van der Waals surface area (Å²) >= 11 is 5.66. The van der Waals surface area contributed by atoms with Crippen LogP contribution < -0.4 is 0 Å². The first kappa shape index (κ1) is 10.2. The maximum absolute atomic E-state index is 12.0. The predicted octanol–water partition coefficient (Wildman–Crippen LogP) is 2.04. The molecule has 0 atom stereocenters. The van der Waals surface area contributed by atoms with E-state index in [1.165, 1.54) is 6.20 Å². The lowest BCUT2D eigenvalue weighted by atomic mass is 10.4. The van der Waals surface area contributed by atoms with Gasteiger partial charge in [-0.3, -0.25) is 4.68 Å². The molecule has 0 saturated heterocycles. The lowest BCUT2D eigenvalue weighted by molar-refractivity contribution is -0.142. The van der Waals surface area contributed by atoms with E-state index in [0.717, 1.165) is 11.0 Å². The number of rotatable bonds is 1. The molecule has 8 heteroatoms. The van der Waals surface area contributed by atoms with Crippen molar-refractivity contribution in [3.05, 3.63) is 17.7 Å². The van der Waals surface area contributed by atoms with Crippen LogP contribution in [0, 0.1) is 0 Å². The van der Waals surface area contributed by atoms with Gasteiger partial charge in [-0.25, -0.2) is 9.97 Å². The summed E-state index contributed by atoms with van der Waals surface area (Å²) in [4.78, 5) is 7.33. The highest BCUT2D eigenvalue weighted by atomic mass is 35.5. The third-order valence-corrected chi connectivity index (χ3v) is 1.96. The Kier molecular flexibility index (Phi) is 2.26. The van der Waals surface area contributed by atoms with Crippen LogP contribution in [-0.2, 0) is 6.54 Å². The summed E-state index contributed by atoms with van der Waals surface area (Å²) in [5.74, 6) is 0. The van der Waals surface area contributed by atoms with Crippen LogP contribution in [0.25, 0.3) is 11.0 Å². The van der Waals surface area contributed by atoms with Crippen molar-refractivity contribution in [2.45, 2.75) is 12.7 Å². The normalized spacial score (nSPS) is 12.3. The molecule has 2 aromatic rings. The molecular formula is C7H4ClF3N4. The molecule has 0 radical (unpaired) electrons. The van der Waals surface area contributed by atoms with Crippen molar-refractivity contribution >= 4 is 22.6 Å². The molecule has 0 N–H and O–H groups in total. The summed E-state index contributed by atoms with van der Waals surface area (Å²) in [7, 11) is 0. The summed E-state index contributed by atoms with van der Waals surface area (Å²) < 4.78 is 36.9. The van der Waals surface area contributed by atoms with Gasteiger partial charge < -0.3 is 0 Å². The van der Waals surface area contributed by atoms with E-state index in [9.17, 15) is 13.2 Å². The van der Waals surface area contributed by atoms with Gasteiger partial charge in [0.1, 0.15) is 18.0 Å². The van der Waals surface area contributed by atoms with Gasteiger partial charge in [0.2, 0.25) is 0 Å². The molecule has 0 unspecified atom stereocenters. The number of halogens is 4. The summed E-state index contributed by atoms with van der Waals surface area (Å²) in [6.07, 6.45) is -2.00. The molecule has 15 heavy (non-hydrogen) atoms. The van der Waals surface area contributed by atoms with Gasteiger partial charge in [0.05, 0.1) is 5.39 Å². The zero-order valence-electron chi connectivity index (χ0n) is 7.16. The average molecular weight is 237 g/mol. The van der Waals surface area contributed by atoms with Crippen molar-refractivity contribution in [3.63, 3.8) is 0 Å². The molecular weight excluding hydrogens is 233 g/mol. The Morgan fingerprint density at radius 3 is 2.67 bits per heavy atom. The van der Waals surface area contributed by atoms with E-state index in [1.807, 2.05) is 0 Å². The second kappa shape index (κ2) is 3.34. The molecule has 0 fully saturated rings. The van der Waals surface area contributed by atoms with Crippen molar-refractivity contribution in [1.82, 2.24) is 19.7 Å². The molecule has 0 aliphatic rings. The lowest BCUT2D eigenvalue weighted by Crippen LogP contribution is -2.17. The summed E-state index contributed by atoms with van der Waals surface area (Å²) in [6.45, 7) is -1.17. The Bertz CT molecular complexity index is 492. The zero-order chi connectivity index (χ0) is 11.1. The van der Waals surface area contributed by atoms with Gasteiger partial charge in [-0.05, 0) is 0 Å². The van der Waals surface area contributed by atoms with E-state index < -0.39 is 12.7 Å². The second-order valence-electron chi connectivity index (χ2n) is 2.84. The minimum Gasteiger partial charge on any atom is -0.261 e. The van der Waals surface area contributed by atoms with Gasteiger partial charge >= 0.3 is 6.18 Å². The standard InChI is InChI=1S/C7H4ClF3N4/c8-5-4-1-15(2-7(9,10)11)14-6(4)13-3-12-5/h1,3H,2H2. The van der Waals surface area contributed by atoms with E-state index in [0.29, 0.717) is 5.39 Å². The second-order valence-corrected chi connectivity index (χ2v) is 3.20. The number of alkyl halides is 3. The van der Waals surface area contributed by atoms with Crippen LogP contribution >= 0.6 is 11.6 Å². The molecule has 0 aliphatic heterocycles. The molecule has 0 aliphatic carbocycles. The van der Waals surface area contributed by atoms with Gasteiger partial charge in [0, 0.05) is 6.20 Å². The molecule has 0 spiro atoms. The monoisotopic (exact) mass is 236 g/mol. The molecule has 4 nitrogen and oxygen atoms in total. The zero-order valence-corrected chi connectivity index (χ0v) is 7.92. The van der Waals surface area contributed by atoms with Crippen LogP contribution in [0.5, 0.6) is 0 Å². The maximum Gasteiger partial charge on any atom is 0.408 e. The largest absolute Gasteiger partial charge is 0.408 e. The molecule has 2 rings (SSSR count). The maximum atomic E-state index is 12.0. The number of hydrogen-bond acceptors (Lipinski definition) is 3. The van der Waals surface area contributed by atoms with Gasteiger partial charge in [-0.15, -0.1) is 0 Å². The van der Waals surface area contributed by atoms with Crippen LogP contribution in [0.3, 0.4) is 0 Å². The highest BCUT2D eigenvalue weighted by Gasteiger charge is 2.28. The first-order chi connectivity index (χ1) is 6.96. The highest BCUT2D eigenvalue weighted by molar-refractivity contribution is 6.33. The quantitative estimate of drug-likeness (QED) is 0.712. The molecule has 2 aromatic heterocycles. The molecule has 0 saturated carbocycles. The van der Waals surface area contributed by atoms with Crippen LogP contribution in [0.1, 0.15) is 0 Å². The molecule has 0 bridgehead atoms. The van der Waals surface area contributed by atoms with E-state index in [2.05, 4.69) is 15.1 Å². The van der Waals surface area contributed by atoms with E-state index in [-0.39, 0.29) is 10.8 Å². The minimum absolute atomic E-state index is 0.0911. The van der Waals surface area contributed by atoms with Crippen LogP contribution in [0.15, 0.2) is 12.5 Å². The summed E-state index contributed by atoms with van der Waals surface area (Å²) in [6, 6.07) is 0. The van der Waals surface area contributed by atoms with Crippen LogP contribution in [0.4, 0.5) is 13.2 Å².